The molecule has 0 atom stereocenters. The highest BCUT2D eigenvalue weighted by atomic mass is 16.2. The number of nitrogens with zero attached hydrogens (tertiary/aromatic N) is 1. The summed E-state index contributed by atoms with van der Waals surface area (Å²) in [6.45, 7) is 3.06. The van der Waals surface area contributed by atoms with Gasteiger partial charge in [-0.05, 0) is 0 Å². The Kier molecular flexibility index (Phi) is 3.47. The van der Waals surface area contributed by atoms with Gasteiger partial charge in [-0.3, -0.25) is 10.7 Å². The molecule has 1 heterocycles. The number of piperazine rings is 1. The third-order valence-electron chi connectivity index (χ3n) is 1.61. The second-order valence-corrected chi connectivity index (χ2v) is 2.67. The van der Waals surface area contributed by atoms with Crippen LogP contribution in [-0.4, -0.2) is 43.3 Å². The zero-order chi connectivity index (χ0) is 9.68. The zero-order valence-corrected chi connectivity index (χ0v) is 7.17. The second-order valence-electron chi connectivity index (χ2n) is 2.67. The molecule has 5 N–H and O–H groups in total. The van der Waals surface area contributed by atoms with Gasteiger partial charge in [-0.2, -0.15) is 0 Å². The first-order valence-electron chi connectivity index (χ1n) is 4.01. The fourth-order valence-electron chi connectivity index (χ4n) is 1.06. The summed E-state index contributed by atoms with van der Waals surface area (Å²) in [5.41, 5.74) is 7.25. The fraction of sp³-hybridized carbons (Fsp3) is 0.667. The fourth-order valence-corrected chi connectivity index (χ4v) is 1.06. The molecule has 4 amide bonds. The van der Waals surface area contributed by atoms with Gasteiger partial charge in [0.25, 0.3) is 0 Å². The van der Waals surface area contributed by atoms with E-state index in [-0.39, 0.29) is 0 Å². The summed E-state index contributed by atoms with van der Waals surface area (Å²) in [7, 11) is 0. The minimum atomic E-state index is -0.854. The number of hydrazine groups is 1. The van der Waals surface area contributed by atoms with Crippen LogP contribution in [0, 0.1) is 0 Å². The summed E-state index contributed by atoms with van der Waals surface area (Å²) < 4.78 is 0. The Hall–Kier alpha value is -1.34. The lowest BCUT2D eigenvalue weighted by Crippen LogP contribution is -2.55. The van der Waals surface area contributed by atoms with Crippen LogP contribution in [0.1, 0.15) is 0 Å². The lowest BCUT2D eigenvalue weighted by molar-refractivity contribution is 0.162. The van der Waals surface area contributed by atoms with Gasteiger partial charge >= 0.3 is 12.1 Å². The highest BCUT2D eigenvalue weighted by molar-refractivity contribution is 5.92. The van der Waals surface area contributed by atoms with Gasteiger partial charge in [-0.25, -0.2) is 14.6 Å². The largest absolute Gasteiger partial charge is 0.351 e. The first-order chi connectivity index (χ1) is 6.18. The Balaban J connectivity index is 2.22. The lowest BCUT2D eigenvalue weighted by atomic mass is 10.4. The van der Waals surface area contributed by atoms with Crippen molar-refractivity contribution in [2.75, 3.05) is 26.2 Å². The highest BCUT2D eigenvalue weighted by Crippen LogP contribution is 1.85. The van der Waals surface area contributed by atoms with E-state index in [1.807, 2.05) is 5.32 Å². The summed E-state index contributed by atoms with van der Waals surface area (Å²) >= 11 is 0. The molecule has 1 aliphatic rings. The maximum atomic E-state index is 10.9. The number of hydrogen-bond donors (Lipinski definition) is 4. The van der Waals surface area contributed by atoms with E-state index in [4.69, 9.17) is 5.73 Å². The van der Waals surface area contributed by atoms with E-state index in [1.54, 1.807) is 5.01 Å². The predicted octanol–water partition coefficient (Wildman–Crippen LogP) is -1.82. The van der Waals surface area contributed by atoms with E-state index in [2.05, 4.69) is 10.7 Å². The van der Waals surface area contributed by atoms with E-state index in [1.165, 1.54) is 0 Å². The molecule has 7 heteroatoms. The number of nitrogens with two attached hydrogens (primary N) is 1. The van der Waals surface area contributed by atoms with Crippen molar-refractivity contribution in [2.45, 2.75) is 0 Å². The lowest BCUT2D eigenvalue weighted by Gasteiger charge is -2.27. The minimum absolute atomic E-state index is 0.589. The van der Waals surface area contributed by atoms with Crippen LogP contribution in [0.5, 0.6) is 0 Å². The van der Waals surface area contributed by atoms with Gasteiger partial charge in [0.2, 0.25) is 0 Å². The molecule has 0 unspecified atom stereocenters. The van der Waals surface area contributed by atoms with Crippen LogP contribution in [0.4, 0.5) is 9.59 Å². The van der Waals surface area contributed by atoms with E-state index in [0.717, 1.165) is 13.1 Å². The summed E-state index contributed by atoms with van der Waals surface area (Å²) in [6.07, 6.45) is 0. The SMILES string of the molecule is NC(=O)NC(=O)NN1CCNCC1. The van der Waals surface area contributed by atoms with E-state index in [9.17, 15) is 9.59 Å². The van der Waals surface area contributed by atoms with Crippen molar-refractivity contribution in [1.29, 1.82) is 0 Å². The van der Waals surface area contributed by atoms with Crippen molar-refractivity contribution in [3.8, 4) is 0 Å². The molecule has 74 valence electrons. The summed E-state index contributed by atoms with van der Waals surface area (Å²) in [4.78, 5) is 21.2. The van der Waals surface area contributed by atoms with Crippen LogP contribution in [0.2, 0.25) is 0 Å². The Labute approximate surface area is 75.6 Å². The molecule has 0 aromatic heterocycles. The number of primary amides is 1. The predicted molar refractivity (Wildman–Crippen MR) is 45.7 cm³/mol. The van der Waals surface area contributed by atoms with Gasteiger partial charge in [0.15, 0.2) is 0 Å². The van der Waals surface area contributed by atoms with Crippen LogP contribution in [0.15, 0.2) is 0 Å². The molecule has 0 saturated carbocycles. The normalized spacial score (nSPS) is 17.8. The third kappa shape index (κ3) is 3.72. The van der Waals surface area contributed by atoms with Crippen LogP contribution in [0.25, 0.3) is 0 Å². The van der Waals surface area contributed by atoms with Crippen LogP contribution >= 0.6 is 0 Å². The summed E-state index contributed by atoms with van der Waals surface area (Å²) in [5.74, 6) is 0. The van der Waals surface area contributed by atoms with Crippen molar-refractivity contribution in [3.63, 3.8) is 0 Å². The average molecular weight is 187 g/mol. The topological polar surface area (TPSA) is 99.5 Å². The molecule has 13 heavy (non-hydrogen) atoms. The second kappa shape index (κ2) is 4.63. The number of carbonyl (C=O) groups is 2. The van der Waals surface area contributed by atoms with Gasteiger partial charge in [0.1, 0.15) is 0 Å². The highest BCUT2D eigenvalue weighted by Gasteiger charge is 2.12. The van der Waals surface area contributed by atoms with Crippen molar-refractivity contribution in [3.05, 3.63) is 0 Å². The van der Waals surface area contributed by atoms with Crippen molar-refractivity contribution >= 4 is 12.1 Å². The number of hydrogen-bond acceptors (Lipinski definition) is 4. The van der Waals surface area contributed by atoms with Gasteiger partial charge in [-0.1, -0.05) is 0 Å². The number of amides is 4. The Morgan fingerprint density at radius 1 is 1.31 bits per heavy atom. The van der Waals surface area contributed by atoms with Gasteiger partial charge in [0.05, 0.1) is 0 Å². The molecule has 1 aliphatic heterocycles. The first kappa shape index (κ1) is 9.75. The van der Waals surface area contributed by atoms with Crippen LogP contribution < -0.4 is 21.8 Å². The number of imide groups is 1. The van der Waals surface area contributed by atoms with E-state index >= 15 is 0 Å². The monoisotopic (exact) mass is 187 g/mol. The van der Waals surface area contributed by atoms with Gasteiger partial charge in [-0.15, -0.1) is 0 Å². The minimum Gasteiger partial charge on any atom is -0.351 e. The van der Waals surface area contributed by atoms with E-state index in [0.29, 0.717) is 13.1 Å². The van der Waals surface area contributed by atoms with Crippen molar-refractivity contribution < 1.29 is 9.59 Å². The van der Waals surface area contributed by atoms with Gasteiger partial charge in [0, 0.05) is 26.2 Å². The molecular weight excluding hydrogens is 174 g/mol. The Morgan fingerprint density at radius 3 is 2.46 bits per heavy atom. The summed E-state index contributed by atoms with van der Waals surface area (Å²) in [6, 6.07) is -1.44. The maximum absolute atomic E-state index is 10.9. The molecule has 1 fully saturated rings. The standard InChI is InChI=1S/C6H13N5O2/c7-5(12)9-6(13)10-11-3-1-8-2-4-11/h8H,1-4H2,(H4,7,9,10,12,13). The first-order valence-corrected chi connectivity index (χ1v) is 4.01. The molecule has 0 aliphatic carbocycles. The molecule has 0 bridgehead atoms. The van der Waals surface area contributed by atoms with Crippen LogP contribution in [0.3, 0.4) is 0 Å². The molecule has 0 aromatic carbocycles. The maximum Gasteiger partial charge on any atom is 0.337 e. The molecule has 0 radical (unpaired) electrons. The van der Waals surface area contributed by atoms with Crippen LogP contribution in [-0.2, 0) is 0 Å². The average Bonchev–Trinajstić information content (AvgIpc) is 2.04. The quantitative estimate of drug-likeness (QED) is 0.388. The Morgan fingerprint density at radius 2 is 1.92 bits per heavy atom. The Bertz CT molecular complexity index is 201. The number of nitrogens with one attached hydrogen (secondary N) is 3. The zero-order valence-electron chi connectivity index (χ0n) is 7.17. The molecule has 0 spiro atoms. The molecule has 1 rings (SSSR count). The smallest absolute Gasteiger partial charge is 0.337 e. The molecule has 0 aromatic rings. The number of carbonyl (C=O) groups excluding carboxylic acids is 2. The molecular formula is C6H13N5O2. The van der Waals surface area contributed by atoms with Crippen molar-refractivity contribution in [2.24, 2.45) is 5.73 Å². The number of rotatable bonds is 1. The summed E-state index contributed by atoms with van der Waals surface area (Å²) in [5, 5.41) is 6.76. The molecule has 1 saturated heterocycles. The third-order valence-corrected chi connectivity index (χ3v) is 1.61. The van der Waals surface area contributed by atoms with Gasteiger partial charge < -0.3 is 11.1 Å². The molecule has 7 nitrogen and oxygen atoms in total. The number of urea groups is 2. The van der Waals surface area contributed by atoms with E-state index < -0.39 is 12.1 Å². The van der Waals surface area contributed by atoms with Crippen molar-refractivity contribution in [1.82, 2.24) is 21.1 Å².